The molecule has 0 bridgehead atoms. The topological polar surface area (TPSA) is 52.7 Å². The van der Waals surface area contributed by atoms with Gasteiger partial charge in [0.25, 0.3) is 0 Å². The Morgan fingerprint density at radius 3 is 2.27 bits per heavy atom. The molecular formula is C20H22FN3O2. The lowest BCUT2D eigenvalue weighted by Gasteiger charge is -2.35. The zero-order valence-electron chi connectivity index (χ0n) is 14.7. The van der Waals surface area contributed by atoms with Crippen LogP contribution in [0.25, 0.3) is 0 Å². The molecule has 136 valence electrons. The molecular weight excluding hydrogens is 333 g/mol. The largest absolute Gasteiger partial charge is 0.366 e. The van der Waals surface area contributed by atoms with Crippen molar-refractivity contribution in [2.75, 3.05) is 36.4 Å². The summed E-state index contributed by atoms with van der Waals surface area (Å²) in [6, 6.07) is 14.0. The lowest BCUT2D eigenvalue weighted by molar-refractivity contribution is -0.143. The molecule has 0 radical (unpaired) electrons. The van der Waals surface area contributed by atoms with E-state index in [0.29, 0.717) is 37.6 Å². The van der Waals surface area contributed by atoms with Gasteiger partial charge in [0.05, 0.1) is 5.69 Å². The van der Waals surface area contributed by atoms with Gasteiger partial charge >= 0.3 is 11.8 Å². The standard InChI is InChI=1S/C20H22FN3O2/c1-2-15-7-9-16(10-8-15)22-19(25)20(26)24-13-11-23(12-14-24)18-6-4-3-5-17(18)21/h3-10H,2,11-14H2,1H3,(H,22,25). The van der Waals surface area contributed by atoms with E-state index < -0.39 is 11.8 Å². The molecule has 3 rings (SSSR count). The molecule has 6 heteroatoms. The van der Waals surface area contributed by atoms with Crippen LogP contribution < -0.4 is 10.2 Å². The molecule has 2 aromatic carbocycles. The maximum absolute atomic E-state index is 13.9. The first-order valence-corrected chi connectivity index (χ1v) is 8.77. The SMILES string of the molecule is CCc1ccc(NC(=O)C(=O)N2CCN(c3ccccc3F)CC2)cc1. The number of para-hydroxylation sites is 1. The molecule has 1 N–H and O–H groups in total. The van der Waals surface area contributed by atoms with Crippen LogP contribution in [0.5, 0.6) is 0 Å². The van der Waals surface area contributed by atoms with Gasteiger partial charge in [0, 0.05) is 31.9 Å². The van der Waals surface area contributed by atoms with Crippen LogP contribution in [-0.2, 0) is 16.0 Å². The van der Waals surface area contributed by atoms with Gasteiger partial charge in [-0.3, -0.25) is 9.59 Å². The Kier molecular flexibility index (Phi) is 5.51. The van der Waals surface area contributed by atoms with Crippen LogP contribution in [0.4, 0.5) is 15.8 Å². The van der Waals surface area contributed by atoms with Gasteiger partial charge in [0.2, 0.25) is 0 Å². The first-order valence-electron chi connectivity index (χ1n) is 8.77. The van der Waals surface area contributed by atoms with E-state index in [-0.39, 0.29) is 5.82 Å². The van der Waals surface area contributed by atoms with E-state index in [1.807, 2.05) is 17.0 Å². The maximum Gasteiger partial charge on any atom is 0.313 e. The quantitative estimate of drug-likeness (QED) is 0.862. The van der Waals surface area contributed by atoms with Crippen molar-refractivity contribution in [1.29, 1.82) is 0 Å². The minimum atomic E-state index is -0.645. The number of carbonyl (C=O) groups excluding carboxylic acids is 2. The third-order valence-electron chi connectivity index (χ3n) is 4.57. The minimum absolute atomic E-state index is 0.277. The normalized spacial score (nSPS) is 14.2. The first kappa shape index (κ1) is 17.9. The van der Waals surface area contributed by atoms with Crippen LogP contribution in [-0.4, -0.2) is 42.9 Å². The van der Waals surface area contributed by atoms with Gasteiger partial charge in [-0.15, -0.1) is 0 Å². The van der Waals surface area contributed by atoms with E-state index in [9.17, 15) is 14.0 Å². The van der Waals surface area contributed by atoms with Crippen molar-refractivity contribution in [1.82, 2.24) is 4.90 Å². The van der Waals surface area contributed by atoms with Gasteiger partial charge in [-0.05, 0) is 36.2 Å². The van der Waals surface area contributed by atoms with E-state index in [2.05, 4.69) is 12.2 Å². The number of amides is 2. The summed E-state index contributed by atoms with van der Waals surface area (Å²) in [5.41, 5.74) is 2.30. The Balaban J connectivity index is 1.55. The summed E-state index contributed by atoms with van der Waals surface area (Å²) in [5, 5.41) is 2.64. The zero-order chi connectivity index (χ0) is 18.5. The fourth-order valence-electron chi connectivity index (χ4n) is 3.01. The Labute approximate surface area is 152 Å². The van der Waals surface area contributed by atoms with E-state index >= 15 is 0 Å². The highest BCUT2D eigenvalue weighted by Gasteiger charge is 2.26. The number of rotatable bonds is 3. The monoisotopic (exact) mass is 355 g/mol. The highest BCUT2D eigenvalue weighted by atomic mass is 19.1. The summed E-state index contributed by atoms with van der Waals surface area (Å²) < 4.78 is 13.9. The van der Waals surface area contributed by atoms with Gasteiger partial charge in [-0.1, -0.05) is 31.2 Å². The average molecular weight is 355 g/mol. The van der Waals surface area contributed by atoms with Crippen molar-refractivity contribution < 1.29 is 14.0 Å². The lowest BCUT2D eigenvalue weighted by atomic mass is 10.1. The Morgan fingerprint density at radius 1 is 1.00 bits per heavy atom. The van der Waals surface area contributed by atoms with Crippen LogP contribution in [0.3, 0.4) is 0 Å². The first-order chi connectivity index (χ1) is 12.6. The number of nitrogens with one attached hydrogen (secondary N) is 1. The van der Waals surface area contributed by atoms with Crippen molar-refractivity contribution in [2.24, 2.45) is 0 Å². The fourth-order valence-corrected chi connectivity index (χ4v) is 3.01. The number of carbonyl (C=O) groups is 2. The molecule has 2 amide bonds. The molecule has 1 fully saturated rings. The van der Waals surface area contributed by atoms with Crippen LogP contribution in [0.15, 0.2) is 48.5 Å². The second-order valence-electron chi connectivity index (χ2n) is 6.24. The molecule has 0 saturated carbocycles. The number of anilines is 2. The maximum atomic E-state index is 13.9. The van der Waals surface area contributed by atoms with Gasteiger partial charge in [-0.2, -0.15) is 0 Å². The molecule has 5 nitrogen and oxygen atoms in total. The number of halogens is 1. The van der Waals surface area contributed by atoms with Crippen LogP contribution in [0.1, 0.15) is 12.5 Å². The van der Waals surface area contributed by atoms with E-state index in [4.69, 9.17) is 0 Å². The third kappa shape index (κ3) is 4.02. The third-order valence-corrected chi connectivity index (χ3v) is 4.57. The van der Waals surface area contributed by atoms with Gasteiger partial charge in [0.15, 0.2) is 0 Å². The summed E-state index contributed by atoms with van der Waals surface area (Å²) in [6.45, 7) is 3.80. The predicted octanol–water partition coefficient (Wildman–Crippen LogP) is 2.68. The van der Waals surface area contributed by atoms with Gasteiger partial charge < -0.3 is 15.1 Å². The molecule has 0 spiro atoms. The highest BCUT2D eigenvalue weighted by Crippen LogP contribution is 2.20. The van der Waals surface area contributed by atoms with Crippen LogP contribution >= 0.6 is 0 Å². The minimum Gasteiger partial charge on any atom is -0.366 e. The molecule has 2 aromatic rings. The highest BCUT2D eigenvalue weighted by molar-refractivity contribution is 6.39. The molecule has 0 unspecified atom stereocenters. The van der Waals surface area contributed by atoms with E-state index in [1.165, 1.54) is 16.5 Å². The Bertz CT molecular complexity index is 784. The number of hydrogen-bond acceptors (Lipinski definition) is 3. The number of nitrogens with zero attached hydrogens (tertiary/aromatic N) is 2. The number of piperazine rings is 1. The molecule has 1 aliphatic heterocycles. The smallest absolute Gasteiger partial charge is 0.313 e. The molecule has 1 saturated heterocycles. The Hall–Kier alpha value is -2.89. The molecule has 26 heavy (non-hydrogen) atoms. The summed E-state index contributed by atoms with van der Waals surface area (Å²) in [5.74, 6) is -1.48. The predicted molar refractivity (Wildman–Crippen MR) is 99.6 cm³/mol. The average Bonchev–Trinajstić information content (AvgIpc) is 2.68. The van der Waals surface area contributed by atoms with Crippen LogP contribution in [0, 0.1) is 5.82 Å². The van der Waals surface area contributed by atoms with Crippen molar-refractivity contribution in [2.45, 2.75) is 13.3 Å². The van der Waals surface area contributed by atoms with Crippen molar-refractivity contribution in [3.63, 3.8) is 0 Å². The summed E-state index contributed by atoms with van der Waals surface area (Å²) in [4.78, 5) is 27.9. The molecule has 0 atom stereocenters. The van der Waals surface area contributed by atoms with E-state index in [1.54, 1.807) is 30.3 Å². The number of aryl methyl sites for hydroxylation is 1. The molecule has 1 heterocycles. The van der Waals surface area contributed by atoms with Gasteiger partial charge in [0.1, 0.15) is 5.82 Å². The number of benzene rings is 2. The number of hydrogen-bond donors (Lipinski definition) is 1. The van der Waals surface area contributed by atoms with E-state index in [0.717, 1.165) is 6.42 Å². The fraction of sp³-hybridized carbons (Fsp3) is 0.300. The zero-order valence-corrected chi connectivity index (χ0v) is 14.7. The molecule has 1 aliphatic rings. The van der Waals surface area contributed by atoms with Crippen LogP contribution in [0.2, 0.25) is 0 Å². The van der Waals surface area contributed by atoms with Crippen molar-refractivity contribution in [3.05, 3.63) is 59.9 Å². The Morgan fingerprint density at radius 2 is 1.65 bits per heavy atom. The second-order valence-corrected chi connectivity index (χ2v) is 6.24. The molecule has 0 aromatic heterocycles. The summed E-state index contributed by atoms with van der Waals surface area (Å²) in [6.07, 6.45) is 0.916. The molecule has 0 aliphatic carbocycles. The van der Waals surface area contributed by atoms with Crippen molar-refractivity contribution in [3.8, 4) is 0 Å². The van der Waals surface area contributed by atoms with Crippen molar-refractivity contribution >= 4 is 23.2 Å². The summed E-state index contributed by atoms with van der Waals surface area (Å²) >= 11 is 0. The lowest BCUT2D eigenvalue weighted by Crippen LogP contribution is -2.51. The second kappa shape index (κ2) is 7.99. The summed E-state index contributed by atoms with van der Waals surface area (Å²) in [7, 11) is 0. The van der Waals surface area contributed by atoms with Gasteiger partial charge in [-0.25, -0.2) is 4.39 Å².